The molecule has 2 aromatic rings. The molecule has 26 heavy (non-hydrogen) atoms. The van der Waals surface area contributed by atoms with Crippen LogP contribution >= 0.6 is 15.9 Å². The summed E-state index contributed by atoms with van der Waals surface area (Å²) in [7, 11) is 1.16. The van der Waals surface area contributed by atoms with Crippen LogP contribution in [0.3, 0.4) is 0 Å². The first-order valence-corrected chi connectivity index (χ1v) is 10.1. The van der Waals surface area contributed by atoms with Crippen LogP contribution in [0.15, 0.2) is 57.9 Å². The SMILES string of the molecule is COC(=O)c1cc(S(=O)(=O)N(CCN(C)C)c2ccccc2)ccc1Br. The molecule has 0 radical (unpaired) electrons. The third-order valence-electron chi connectivity index (χ3n) is 3.73. The highest BCUT2D eigenvalue weighted by Crippen LogP contribution is 2.27. The Labute approximate surface area is 162 Å². The molecule has 8 heteroatoms. The topological polar surface area (TPSA) is 66.9 Å². The van der Waals surface area contributed by atoms with E-state index < -0.39 is 16.0 Å². The second kappa shape index (κ2) is 8.66. The highest BCUT2D eigenvalue weighted by molar-refractivity contribution is 9.10. The van der Waals surface area contributed by atoms with E-state index in [0.29, 0.717) is 16.7 Å². The van der Waals surface area contributed by atoms with Crippen LogP contribution in [-0.2, 0) is 14.8 Å². The van der Waals surface area contributed by atoms with Crippen molar-refractivity contribution in [2.24, 2.45) is 0 Å². The molecule has 140 valence electrons. The highest BCUT2D eigenvalue weighted by Gasteiger charge is 2.26. The van der Waals surface area contributed by atoms with Crippen molar-refractivity contribution in [3.05, 3.63) is 58.6 Å². The van der Waals surface area contributed by atoms with Gasteiger partial charge >= 0.3 is 5.97 Å². The molecule has 0 aliphatic rings. The van der Waals surface area contributed by atoms with Crippen molar-refractivity contribution in [2.45, 2.75) is 4.90 Å². The molecular formula is C18H21BrN2O4S. The number of para-hydroxylation sites is 1. The minimum absolute atomic E-state index is 0.0312. The van der Waals surface area contributed by atoms with E-state index in [1.54, 1.807) is 24.3 Å². The quantitative estimate of drug-likeness (QED) is 0.619. The summed E-state index contributed by atoms with van der Waals surface area (Å²) in [6.07, 6.45) is 0. The molecule has 6 nitrogen and oxygen atoms in total. The number of rotatable bonds is 7. The third-order valence-corrected chi connectivity index (χ3v) is 6.24. The largest absolute Gasteiger partial charge is 0.465 e. The predicted molar refractivity (Wildman–Crippen MR) is 105 cm³/mol. The summed E-state index contributed by atoms with van der Waals surface area (Å²) >= 11 is 3.25. The molecule has 0 aromatic heterocycles. The van der Waals surface area contributed by atoms with Gasteiger partial charge in [0, 0.05) is 17.6 Å². The molecule has 0 aliphatic carbocycles. The van der Waals surface area contributed by atoms with Gasteiger partial charge in [-0.3, -0.25) is 4.31 Å². The van der Waals surface area contributed by atoms with Crippen LogP contribution in [0.4, 0.5) is 5.69 Å². The van der Waals surface area contributed by atoms with Crippen LogP contribution in [0.25, 0.3) is 0 Å². The molecule has 0 spiro atoms. The Hall–Kier alpha value is -1.90. The fourth-order valence-electron chi connectivity index (χ4n) is 2.33. The Balaban J connectivity index is 2.51. The summed E-state index contributed by atoms with van der Waals surface area (Å²) in [4.78, 5) is 13.8. The Kier molecular flexibility index (Phi) is 6.80. The van der Waals surface area contributed by atoms with Crippen LogP contribution in [0.1, 0.15) is 10.4 Å². The molecule has 0 unspecified atom stereocenters. The van der Waals surface area contributed by atoms with Crippen LogP contribution in [-0.4, -0.2) is 53.6 Å². The minimum Gasteiger partial charge on any atom is -0.465 e. The smallest absolute Gasteiger partial charge is 0.339 e. The van der Waals surface area contributed by atoms with Crippen LogP contribution in [0.2, 0.25) is 0 Å². The van der Waals surface area contributed by atoms with Crippen LogP contribution in [0.5, 0.6) is 0 Å². The molecule has 0 N–H and O–H groups in total. The lowest BCUT2D eigenvalue weighted by atomic mass is 10.2. The van der Waals surface area contributed by atoms with Crippen molar-refractivity contribution in [3.8, 4) is 0 Å². The number of ether oxygens (including phenoxy) is 1. The number of carbonyl (C=O) groups is 1. The van der Waals surface area contributed by atoms with E-state index in [-0.39, 0.29) is 17.0 Å². The zero-order valence-corrected chi connectivity index (χ0v) is 17.2. The Morgan fingerprint density at radius 3 is 2.31 bits per heavy atom. The number of halogens is 1. The number of methoxy groups -OCH3 is 1. The van der Waals surface area contributed by atoms with Gasteiger partial charge in [-0.25, -0.2) is 13.2 Å². The first kappa shape index (κ1) is 20.4. The Morgan fingerprint density at radius 2 is 1.73 bits per heavy atom. The van der Waals surface area contributed by atoms with Gasteiger partial charge in [-0.05, 0) is 60.4 Å². The monoisotopic (exact) mass is 440 g/mol. The lowest BCUT2D eigenvalue weighted by molar-refractivity contribution is 0.0599. The molecule has 0 saturated heterocycles. The van der Waals surface area contributed by atoms with Crippen molar-refractivity contribution in [2.75, 3.05) is 38.6 Å². The number of benzene rings is 2. The van der Waals surface area contributed by atoms with Crippen LogP contribution in [0, 0.1) is 0 Å². The Bertz CT molecular complexity index is 870. The second-order valence-corrected chi connectivity index (χ2v) is 8.57. The fraction of sp³-hybridized carbons (Fsp3) is 0.278. The van der Waals surface area contributed by atoms with Gasteiger partial charge in [0.05, 0.1) is 23.3 Å². The normalized spacial score (nSPS) is 11.4. The summed E-state index contributed by atoms with van der Waals surface area (Å²) in [6.45, 7) is 0.831. The number of sulfonamides is 1. The van der Waals surface area contributed by atoms with Crippen molar-refractivity contribution in [3.63, 3.8) is 0 Å². The maximum absolute atomic E-state index is 13.3. The summed E-state index contributed by atoms with van der Waals surface area (Å²) in [6, 6.07) is 13.2. The predicted octanol–water partition coefficient (Wildman–Crippen LogP) is 2.99. The number of anilines is 1. The number of esters is 1. The van der Waals surface area contributed by atoms with Crippen molar-refractivity contribution in [1.82, 2.24) is 4.90 Å². The van der Waals surface area contributed by atoms with Gasteiger partial charge in [-0.2, -0.15) is 0 Å². The van der Waals surface area contributed by atoms with Crippen molar-refractivity contribution in [1.29, 1.82) is 0 Å². The molecule has 0 bridgehead atoms. The molecule has 2 rings (SSSR count). The summed E-state index contributed by atoms with van der Waals surface area (Å²) in [5.74, 6) is -0.603. The molecule has 0 fully saturated rings. The van der Waals surface area contributed by atoms with Gasteiger partial charge in [0.2, 0.25) is 0 Å². The van der Waals surface area contributed by atoms with Gasteiger partial charge < -0.3 is 9.64 Å². The number of carbonyl (C=O) groups excluding carboxylic acids is 1. The lowest BCUT2D eigenvalue weighted by Crippen LogP contribution is -2.36. The number of likely N-dealkylation sites (N-methyl/N-ethyl adjacent to an activating group) is 1. The van der Waals surface area contributed by atoms with E-state index in [1.165, 1.54) is 29.6 Å². The summed E-state index contributed by atoms with van der Waals surface area (Å²) < 4.78 is 33.1. The Morgan fingerprint density at radius 1 is 1.08 bits per heavy atom. The van der Waals surface area contributed by atoms with E-state index in [4.69, 9.17) is 4.74 Å². The average molecular weight is 441 g/mol. The van der Waals surface area contributed by atoms with Crippen molar-refractivity contribution < 1.29 is 17.9 Å². The van der Waals surface area contributed by atoms with Gasteiger partial charge in [0.15, 0.2) is 0 Å². The van der Waals surface area contributed by atoms with Crippen molar-refractivity contribution >= 4 is 37.6 Å². The van der Waals surface area contributed by atoms with E-state index in [2.05, 4.69) is 15.9 Å². The summed E-state index contributed by atoms with van der Waals surface area (Å²) in [5.41, 5.74) is 0.728. The van der Waals surface area contributed by atoms with Gasteiger partial charge in [-0.1, -0.05) is 18.2 Å². The molecule has 2 aromatic carbocycles. The molecule has 0 saturated carbocycles. The van der Waals surface area contributed by atoms with E-state index >= 15 is 0 Å². The molecule has 0 amide bonds. The van der Waals surface area contributed by atoms with E-state index in [1.807, 2.05) is 25.1 Å². The molecular weight excluding hydrogens is 420 g/mol. The number of hydrogen-bond donors (Lipinski definition) is 0. The fourth-order valence-corrected chi connectivity index (χ4v) is 4.22. The zero-order chi connectivity index (χ0) is 19.3. The summed E-state index contributed by atoms with van der Waals surface area (Å²) in [5, 5.41) is 0. The lowest BCUT2D eigenvalue weighted by Gasteiger charge is -2.26. The van der Waals surface area contributed by atoms with E-state index in [0.717, 1.165) is 0 Å². The standard InChI is InChI=1S/C18H21BrN2O4S/c1-20(2)11-12-21(14-7-5-4-6-8-14)26(23,24)15-9-10-17(19)16(13-15)18(22)25-3/h4-10,13H,11-12H2,1-3H3. The third kappa shape index (κ3) is 4.63. The van der Waals surface area contributed by atoms with Gasteiger partial charge in [0.25, 0.3) is 10.0 Å². The highest BCUT2D eigenvalue weighted by atomic mass is 79.9. The molecule has 0 atom stereocenters. The first-order chi connectivity index (χ1) is 12.3. The molecule has 0 heterocycles. The van der Waals surface area contributed by atoms with Crippen LogP contribution < -0.4 is 4.31 Å². The first-order valence-electron chi connectivity index (χ1n) is 7.87. The van der Waals surface area contributed by atoms with Gasteiger partial charge in [0.1, 0.15) is 0 Å². The maximum Gasteiger partial charge on any atom is 0.339 e. The van der Waals surface area contributed by atoms with E-state index in [9.17, 15) is 13.2 Å². The zero-order valence-electron chi connectivity index (χ0n) is 14.8. The number of nitrogens with zero attached hydrogens (tertiary/aromatic N) is 2. The minimum atomic E-state index is -3.85. The van der Waals surface area contributed by atoms with Gasteiger partial charge in [-0.15, -0.1) is 0 Å². The maximum atomic E-state index is 13.3. The molecule has 0 aliphatic heterocycles. The average Bonchev–Trinajstić information content (AvgIpc) is 2.62. The second-order valence-electron chi connectivity index (χ2n) is 5.85. The number of hydrogen-bond acceptors (Lipinski definition) is 5.